The summed E-state index contributed by atoms with van der Waals surface area (Å²) in [6.45, 7) is 0.635. The minimum atomic E-state index is -0.00880. The second-order valence-electron chi connectivity index (χ2n) is 6.36. The number of amides is 2. The summed E-state index contributed by atoms with van der Waals surface area (Å²) in [4.78, 5) is 13.3. The van der Waals surface area contributed by atoms with Gasteiger partial charge in [-0.1, -0.05) is 63.9 Å². The molecule has 0 atom stereocenters. The third-order valence-corrected chi connectivity index (χ3v) is 5.32. The summed E-state index contributed by atoms with van der Waals surface area (Å²) in [7, 11) is 0. The molecule has 1 aromatic rings. The van der Waals surface area contributed by atoms with E-state index < -0.39 is 0 Å². The molecule has 22 heavy (non-hydrogen) atoms. The summed E-state index contributed by atoms with van der Waals surface area (Å²) < 4.78 is 0. The maximum absolute atomic E-state index is 12.1. The lowest BCUT2D eigenvalue weighted by Gasteiger charge is -2.19. The van der Waals surface area contributed by atoms with Crippen molar-refractivity contribution in [3.8, 4) is 0 Å². The van der Waals surface area contributed by atoms with E-state index in [-0.39, 0.29) is 6.03 Å². The minimum Gasteiger partial charge on any atom is -0.335 e. The fourth-order valence-corrected chi connectivity index (χ4v) is 3.77. The van der Waals surface area contributed by atoms with Crippen LogP contribution in [-0.4, -0.2) is 12.1 Å². The van der Waals surface area contributed by atoms with Crippen molar-refractivity contribution in [2.24, 2.45) is 0 Å². The summed E-state index contributed by atoms with van der Waals surface area (Å²) in [6.07, 6.45) is 14.3. The van der Waals surface area contributed by atoms with Crippen LogP contribution in [0.2, 0.25) is 0 Å². The second-order valence-corrected chi connectivity index (χ2v) is 7.39. The first kappa shape index (κ1) is 17.3. The number of carbonyl (C=O) groups is 1. The monoisotopic (exact) mass is 322 g/mol. The Bertz CT molecular complexity index is 393. The molecular weight excluding hydrogens is 292 g/mol. The zero-order chi connectivity index (χ0) is 15.5. The molecule has 0 aliphatic heterocycles. The number of hydrogen-bond acceptors (Lipinski definition) is 2. The van der Waals surface area contributed by atoms with Gasteiger partial charge in [0.1, 0.15) is 0 Å². The molecule has 0 unspecified atom stereocenters. The van der Waals surface area contributed by atoms with Crippen LogP contribution >= 0.6 is 11.3 Å². The molecule has 2 N–H and O–H groups in total. The van der Waals surface area contributed by atoms with Gasteiger partial charge in [0.2, 0.25) is 0 Å². The Hall–Kier alpha value is -1.03. The van der Waals surface area contributed by atoms with Crippen molar-refractivity contribution in [1.82, 2.24) is 10.6 Å². The van der Waals surface area contributed by atoms with Crippen LogP contribution in [-0.2, 0) is 6.54 Å². The SMILES string of the molecule is O=C(NCc1cccs1)NC1CCCCCCCCCCC1. The summed E-state index contributed by atoms with van der Waals surface area (Å²) in [5.41, 5.74) is 0. The third kappa shape index (κ3) is 7.30. The van der Waals surface area contributed by atoms with Crippen LogP contribution in [0.5, 0.6) is 0 Å². The molecule has 2 rings (SSSR count). The van der Waals surface area contributed by atoms with Gasteiger partial charge >= 0.3 is 6.03 Å². The predicted molar refractivity (Wildman–Crippen MR) is 94.3 cm³/mol. The smallest absolute Gasteiger partial charge is 0.315 e. The van der Waals surface area contributed by atoms with E-state index in [0.717, 1.165) is 12.8 Å². The van der Waals surface area contributed by atoms with Crippen LogP contribution in [0.3, 0.4) is 0 Å². The first-order valence-electron chi connectivity index (χ1n) is 8.91. The van der Waals surface area contributed by atoms with E-state index in [1.165, 1.54) is 62.7 Å². The Morgan fingerprint density at radius 1 is 1.00 bits per heavy atom. The molecule has 4 heteroatoms. The zero-order valence-electron chi connectivity index (χ0n) is 13.6. The highest BCUT2D eigenvalue weighted by molar-refractivity contribution is 7.09. The second kappa shape index (κ2) is 10.7. The highest BCUT2D eigenvalue weighted by atomic mass is 32.1. The van der Waals surface area contributed by atoms with Crippen LogP contribution in [0.15, 0.2) is 17.5 Å². The summed E-state index contributed by atoms with van der Waals surface area (Å²) >= 11 is 1.68. The van der Waals surface area contributed by atoms with Gasteiger partial charge < -0.3 is 10.6 Å². The van der Waals surface area contributed by atoms with E-state index in [4.69, 9.17) is 0 Å². The maximum atomic E-state index is 12.1. The highest BCUT2D eigenvalue weighted by Crippen LogP contribution is 2.17. The normalized spacial score (nSPS) is 18.9. The van der Waals surface area contributed by atoms with Gasteiger partial charge in [-0.2, -0.15) is 0 Å². The molecule has 1 aromatic heterocycles. The zero-order valence-corrected chi connectivity index (χ0v) is 14.4. The molecule has 1 saturated carbocycles. The van der Waals surface area contributed by atoms with Crippen molar-refractivity contribution in [2.45, 2.75) is 83.2 Å². The number of hydrogen-bond donors (Lipinski definition) is 2. The predicted octanol–water partition coefficient (Wildman–Crippen LogP) is 5.22. The summed E-state index contributed by atoms with van der Waals surface area (Å²) in [6, 6.07) is 4.42. The lowest BCUT2D eigenvalue weighted by molar-refractivity contribution is 0.234. The summed E-state index contributed by atoms with van der Waals surface area (Å²) in [5.74, 6) is 0. The molecule has 124 valence electrons. The van der Waals surface area contributed by atoms with Gasteiger partial charge in [0.15, 0.2) is 0 Å². The van der Waals surface area contributed by atoms with Crippen LogP contribution in [0.4, 0.5) is 4.79 Å². The molecule has 1 fully saturated rings. The molecule has 0 bridgehead atoms. The van der Waals surface area contributed by atoms with E-state index in [1.54, 1.807) is 11.3 Å². The molecule has 0 saturated heterocycles. The molecule has 0 radical (unpaired) electrons. The Labute approximate surface area is 138 Å². The van der Waals surface area contributed by atoms with Crippen molar-refractivity contribution in [3.05, 3.63) is 22.4 Å². The van der Waals surface area contributed by atoms with Gasteiger partial charge in [-0.15, -0.1) is 11.3 Å². The summed E-state index contributed by atoms with van der Waals surface area (Å²) in [5, 5.41) is 8.21. The van der Waals surface area contributed by atoms with Crippen molar-refractivity contribution in [2.75, 3.05) is 0 Å². The van der Waals surface area contributed by atoms with Crippen LogP contribution in [0.25, 0.3) is 0 Å². The molecule has 1 aliphatic rings. The molecule has 1 heterocycles. The fourth-order valence-electron chi connectivity index (χ4n) is 3.12. The molecule has 3 nitrogen and oxygen atoms in total. The largest absolute Gasteiger partial charge is 0.335 e. The molecule has 1 aliphatic carbocycles. The minimum absolute atomic E-state index is 0.00880. The van der Waals surface area contributed by atoms with E-state index >= 15 is 0 Å². The van der Waals surface area contributed by atoms with E-state index in [2.05, 4.69) is 16.7 Å². The van der Waals surface area contributed by atoms with Gasteiger partial charge in [0, 0.05) is 10.9 Å². The Morgan fingerprint density at radius 2 is 1.59 bits per heavy atom. The molecular formula is C18H30N2OS. The first-order valence-corrected chi connectivity index (χ1v) is 9.79. The van der Waals surface area contributed by atoms with Gasteiger partial charge in [0.25, 0.3) is 0 Å². The fraction of sp³-hybridized carbons (Fsp3) is 0.722. The lowest BCUT2D eigenvalue weighted by atomic mass is 9.98. The molecule has 2 amide bonds. The van der Waals surface area contributed by atoms with E-state index in [1.807, 2.05) is 11.4 Å². The Morgan fingerprint density at radius 3 is 2.14 bits per heavy atom. The first-order chi connectivity index (χ1) is 10.8. The van der Waals surface area contributed by atoms with Crippen LogP contribution < -0.4 is 10.6 Å². The topological polar surface area (TPSA) is 41.1 Å². The number of rotatable bonds is 3. The number of urea groups is 1. The number of thiophene rings is 1. The van der Waals surface area contributed by atoms with Crippen molar-refractivity contribution in [3.63, 3.8) is 0 Å². The third-order valence-electron chi connectivity index (χ3n) is 4.44. The Balaban J connectivity index is 1.70. The molecule has 0 spiro atoms. The standard InChI is InChI=1S/C18H30N2OS/c21-18(19-15-17-13-10-14-22-17)20-16-11-8-6-4-2-1-3-5-7-9-12-16/h10,13-14,16H,1-9,11-12,15H2,(H2,19,20,21). The number of carbonyl (C=O) groups excluding carboxylic acids is 1. The quantitative estimate of drug-likeness (QED) is 0.787. The molecule has 0 aromatic carbocycles. The number of nitrogens with one attached hydrogen (secondary N) is 2. The Kier molecular flexibility index (Phi) is 8.39. The van der Waals surface area contributed by atoms with Gasteiger partial charge in [-0.25, -0.2) is 4.79 Å². The van der Waals surface area contributed by atoms with Gasteiger partial charge in [0.05, 0.1) is 6.54 Å². The van der Waals surface area contributed by atoms with Crippen molar-refractivity contribution in [1.29, 1.82) is 0 Å². The van der Waals surface area contributed by atoms with Crippen molar-refractivity contribution < 1.29 is 4.79 Å². The average Bonchev–Trinajstić information content (AvgIpc) is 3.01. The van der Waals surface area contributed by atoms with Gasteiger partial charge in [-0.3, -0.25) is 0 Å². The van der Waals surface area contributed by atoms with Gasteiger partial charge in [-0.05, 0) is 24.3 Å². The van der Waals surface area contributed by atoms with E-state index in [0.29, 0.717) is 12.6 Å². The lowest BCUT2D eigenvalue weighted by Crippen LogP contribution is -2.41. The average molecular weight is 323 g/mol. The maximum Gasteiger partial charge on any atom is 0.315 e. The van der Waals surface area contributed by atoms with Crippen LogP contribution in [0, 0.1) is 0 Å². The van der Waals surface area contributed by atoms with Crippen LogP contribution in [0.1, 0.15) is 75.5 Å². The van der Waals surface area contributed by atoms with Crippen molar-refractivity contribution >= 4 is 17.4 Å². The highest BCUT2D eigenvalue weighted by Gasteiger charge is 2.12. The van der Waals surface area contributed by atoms with E-state index in [9.17, 15) is 4.79 Å².